The van der Waals surface area contributed by atoms with Crippen molar-refractivity contribution in [2.45, 2.75) is 13.3 Å². The summed E-state index contributed by atoms with van der Waals surface area (Å²) in [5, 5.41) is 10.6. The molecule has 0 unspecified atom stereocenters. The fraction of sp³-hybridized carbons (Fsp3) is 0.143. The first-order valence-corrected chi connectivity index (χ1v) is 6.09. The van der Waals surface area contributed by atoms with Crippen molar-refractivity contribution in [3.8, 4) is 0 Å². The number of carbonyl (C=O) groups excluding carboxylic acids is 1. The first kappa shape index (κ1) is 11.5. The van der Waals surface area contributed by atoms with Crippen LogP contribution in [0.3, 0.4) is 0 Å². The summed E-state index contributed by atoms with van der Waals surface area (Å²) in [6, 6.07) is 9.06. The lowest BCUT2D eigenvalue weighted by Gasteiger charge is -2.03. The van der Waals surface area contributed by atoms with E-state index >= 15 is 0 Å². The van der Waals surface area contributed by atoms with Gasteiger partial charge in [-0.25, -0.2) is 0 Å². The fourth-order valence-electron chi connectivity index (χ4n) is 1.90. The molecule has 5 nitrogen and oxygen atoms in total. The predicted octanol–water partition coefficient (Wildman–Crippen LogP) is 2.97. The van der Waals surface area contributed by atoms with Crippen molar-refractivity contribution < 1.29 is 9.21 Å². The minimum absolute atomic E-state index is 0.251. The minimum atomic E-state index is -0.251. The van der Waals surface area contributed by atoms with Crippen LogP contribution in [0.2, 0.25) is 0 Å². The van der Waals surface area contributed by atoms with Gasteiger partial charge in [0.05, 0.1) is 11.7 Å². The van der Waals surface area contributed by atoms with Gasteiger partial charge in [0.25, 0.3) is 5.91 Å². The van der Waals surface area contributed by atoms with Crippen LogP contribution in [0, 0.1) is 0 Å². The lowest BCUT2D eigenvalue weighted by molar-refractivity contribution is 0.0995. The SMILES string of the molecule is CCc1ccc(C(=O)Nc2ccc3cn[nH]c3c2)o1. The molecule has 1 amide bonds. The monoisotopic (exact) mass is 255 g/mol. The predicted molar refractivity (Wildman–Crippen MR) is 72.1 cm³/mol. The van der Waals surface area contributed by atoms with Crippen LogP contribution < -0.4 is 5.32 Å². The Morgan fingerprint density at radius 1 is 1.37 bits per heavy atom. The van der Waals surface area contributed by atoms with Gasteiger partial charge in [-0.05, 0) is 30.3 Å². The summed E-state index contributed by atoms with van der Waals surface area (Å²) >= 11 is 0. The van der Waals surface area contributed by atoms with Gasteiger partial charge in [0.2, 0.25) is 0 Å². The van der Waals surface area contributed by atoms with E-state index in [1.807, 2.05) is 31.2 Å². The highest BCUT2D eigenvalue weighted by Gasteiger charge is 2.11. The molecule has 0 bridgehead atoms. The summed E-state index contributed by atoms with van der Waals surface area (Å²) in [7, 11) is 0. The molecule has 3 aromatic rings. The normalized spacial score (nSPS) is 10.8. The highest BCUT2D eigenvalue weighted by Crippen LogP contribution is 2.18. The number of benzene rings is 1. The van der Waals surface area contributed by atoms with Crippen LogP contribution in [0.15, 0.2) is 40.9 Å². The largest absolute Gasteiger partial charge is 0.456 e. The summed E-state index contributed by atoms with van der Waals surface area (Å²) in [4.78, 5) is 12.0. The third-order valence-corrected chi connectivity index (χ3v) is 2.93. The molecule has 19 heavy (non-hydrogen) atoms. The zero-order valence-corrected chi connectivity index (χ0v) is 10.4. The fourth-order valence-corrected chi connectivity index (χ4v) is 1.90. The molecule has 3 rings (SSSR count). The van der Waals surface area contributed by atoms with E-state index in [9.17, 15) is 4.79 Å². The molecule has 2 heterocycles. The number of hydrogen-bond donors (Lipinski definition) is 2. The molecule has 2 aromatic heterocycles. The van der Waals surface area contributed by atoms with Crippen LogP contribution >= 0.6 is 0 Å². The highest BCUT2D eigenvalue weighted by molar-refractivity contribution is 6.03. The number of nitrogens with one attached hydrogen (secondary N) is 2. The number of furan rings is 1. The molecule has 2 N–H and O–H groups in total. The molecule has 5 heteroatoms. The zero-order valence-electron chi connectivity index (χ0n) is 10.4. The van der Waals surface area contributed by atoms with Crippen molar-refractivity contribution in [2.24, 2.45) is 0 Å². The van der Waals surface area contributed by atoms with Crippen LogP contribution in [0.4, 0.5) is 5.69 Å². The van der Waals surface area contributed by atoms with Crippen LogP contribution in [-0.4, -0.2) is 16.1 Å². The number of H-pyrrole nitrogens is 1. The van der Waals surface area contributed by atoms with E-state index in [0.29, 0.717) is 11.4 Å². The number of anilines is 1. The molecular weight excluding hydrogens is 242 g/mol. The summed E-state index contributed by atoms with van der Waals surface area (Å²) in [5.74, 6) is 0.870. The second kappa shape index (κ2) is 4.61. The minimum Gasteiger partial charge on any atom is -0.456 e. The summed E-state index contributed by atoms with van der Waals surface area (Å²) in [6.45, 7) is 1.98. The zero-order chi connectivity index (χ0) is 13.2. The molecule has 0 saturated heterocycles. The molecule has 1 aromatic carbocycles. The molecule has 96 valence electrons. The molecule has 0 saturated carbocycles. The van der Waals surface area contributed by atoms with E-state index in [2.05, 4.69) is 15.5 Å². The first-order valence-electron chi connectivity index (χ1n) is 6.09. The second-order valence-corrected chi connectivity index (χ2v) is 4.25. The molecule has 0 spiro atoms. The van der Waals surface area contributed by atoms with E-state index in [-0.39, 0.29) is 5.91 Å². The third kappa shape index (κ3) is 2.22. The average molecular weight is 255 g/mol. The van der Waals surface area contributed by atoms with Gasteiger partial charge >= 0.3 is 0 Å². The lowest BCUT2D eigenvalue weighted by Crippen LogP contribution is -2.10. The average Bonchev–Trinajstić information content (AvgIpc) is 3.06. The maximum absolute atomic E-state index is 12.0. The topological polar surface area (TPSA) is 70.9 Å². The van der Waals surface area contributed by atoms with Gasteiger partial charge < -0.3 is 9.73 Å². The molecule has 0 aliphatic heterocycles. The summed E-state index contributed by atoms with van der Waals surface area (Å²) < 4.78 is 5.41. The van der Waals surface area contributed by atoms with Gasteiger partial charge in [-0.2, -0.15) is 5.10 Å². The van der Waals surface area contributed by atoms with Gasteiger partial charge in [0.15, 0.2) is 5.76 Å². The maximum Gasteiger partial charge on any atom is 0.291 e. The van der Waals surface area contributed by atoms with Crippen molar-refractivity contribution in [1.29, 1.82) is 0 Å². The second-order valence-electron chi connectivity index (χ2n) is 4.25. The number of amides is 1. The van der Waals surface area contributed by atoms with E-state index in [1.165, 1.54) is 0 Å². The van der Waals surface area contributed by atoms with E-state index < -0.39 is 0 Å². The smallest absolute Gasteiger partial charge is 0.291 e. The number of nitrogens with zero attached hydrogens (tertiary/aromatic N) is 1. The number of aromatic amines is 1. The Kier molecular flexibility index (Phi) is 2.79. The Bertz CT molecular complexity index is 727. The van der Waals surface area contributed by atoms with E-state index in [0.717, 1.165) is 23.1 Å². The number of carbonyl (C=O) groups is 1. The number of hydrogen-bond acceptors (Lipinski definition) is 3. The third-order valence-electron chi connectivity index (χ3n) is 2.93. The Balaban J connectivity index is 1.81. The number of fused-ring (bicyclic) bond motifs is 1. The Morgan fingerprint density at radius 3 is 3.05 bits per heavy atom. The van der Waals surface area contributed by atoms with Crippen LogP contribution in [0.1, 0.15) is 23.2 Å². The van der Waals surface area contributed by atoms with Gasteiger partial charge in [-0.3, -0.25) is 9.89 Å². The highest BCUT2D eigenvalue weighted by atomic mass is 16.3. The van der Waals surface area contributed by atoms with Gasteiger partial charge in [-0.15, -0.1) is 0 Å². The molecule has 0 aliphatic carbocycles. The summed E-state index contributed by atoms with van der Waals surface area (Å²) in [5.41, 5.74) is 1.59. The Labute approximate surface area is 109 Å². The quantitative estimate of drug-likeness (QED) is 0.755. The van der Waals surface area contributed by atoms with Crippen LogP contribution in [0.5, 0.6) is 0 Å². The summed E-state index contributed by atoms with van der Waals surface area (Å²) in [6.07, 6.45) is 2.51. The van der Waals surface area contributed by atoms with Crippen molar-refractivity contribution in [3.63, 3.8) is 0 Å². The van der Waals surface area contributed by atoms with Gasteiger partial charge in [0.1, 0.15) is 5.76 Å². The standard InChI is InChI=1S/C14H13N3O2/c1-2-11-5-6-13(19-11)14(18)16-10-4-3-9-8-15-17-12(9)7-10/h3-8H,2H2,1H3,(H,15,17)(H,16,18). The van der Waals surface area contributed by atoms with Gasteiger partial charge in [-0.1, -0.05) is 6.92 Å². The maximum atomic E-state index is 12.0. The van der Waals surface area contributed by atoms with Crippen LogP contribution in [0.25, 0.3) is 10.9 Å². The molecule has 0 aliphatic rings. The van der Waals surface area contributed by atoms with Crippen molar-refractivity contribution in [2.75, 3.05) is 5.32 Å². The molecule has 0 radical (unpaired) electrons. The number of rotatable bonds is 3. The Hall–Kier alpha value is -2.56. The van der Waals surface area contributed by atoms with Crippen molar-refractivity contribution in [1.82, 2.24) is 10.2 Å². The Morgan fingerprint density at radius 2 is 2.26 bits per heavy atom. The lowest BCUT2D eigenvalue weighted by atomic mass is 10.2. The van der Waals surface area contributed by atoms with Crippen molar-refractivity contribution >= 4 is 22.5 Å². The van der Waals surface area contributed by atoms with E-state index in [4.69, 9.17) is 4.42 Å². The first-order chi connectivity index (χ1) is 9.26. The molecular formula is C14H13N3O2. The number of aryl methyl sites for hydroxylation is 1. The molecule has 0 atom stereocenters. The van der Waals surface area contributed by atoms with E-state index in [1.54, 1.807) is 12.3 Å². The van der Waals surface area contributed by atoms with Crippen LogP contribution in [-0.2, 0) is 6.42 Å². The molecule has 0 fully saturated rings. The van der Waals surface area contributed by atoms with Crippen molar-refractivity contribution in [3.05, 3.63) is 48.0 Å². The van der Waals surface area contributed by atoms with Gasteiger partial charge in [0, 0.05) is 17.5 Å². The number of aromatic nitrogens is 2.